The number of nitrogens with two attached hydrogens (primary N) is 1. The predicted octanol–water partition coefficient (Wildman–Crippen LogP) is 2.82. The molecule has 2 amide bonds. The van der Waals surface area contributed by atoms with Gasteiger partial charge >= 0.3 is 0 Å². The van der Waals surface area contributed by atoms with E-state index >= 15 is 0 Å². The van der Waals surface area contributed by atoms with Gasteiger partial charge in [-0.05, 0) is 48.9 Å². The molecule has 1 heterocycles. The highest BCUT2D eigenvalue weighted by Gasteiger charge is 2.22. The van der Waals surface area contributed by atoms with Crippen LogP contribution in [0.1, 0.15) is 28.8 Å². The second-order valence-corrected chi connectivity index (χ2v) is 6.93. The lowest BCUT2D eigenvalue weighted by atomic mass is 9.90. The summed E-state index contributed by atoms with van der Waals surface area (Å²) in [4.78, 5) is 25.3. The topological polar surface area (TPSA) is 75.4 Å². The smallest absolute Gasteiger partial charge is 0.251 e. The third-order valence-corrected chi connectivity index (χ3v) is 5.01. The first-order valence-electron chi connectivity index (χ1n) is 9.18. The second-order valence-electron chi connectivity index (χ2n) is 6.93. The molecule has 3 N–H and O–H groups in total. The fraction of sp³-hybridized carbons (Fsp3) is 0.333. The van der Waals surface area contributed by atoms with Crippen molar-refractivity contribution in [3.63, 3.8) is 0 Å². The highest BCUT2D eigenvalue weighted by molar-refractivity contribution is 5.93. The van der Waals surface area contributed by atoms with Crippen LogP contribution in [-0.4, -0.2) is 36.3 Å². The molecule has 0 unspecified atom stereocenters. The lowest BCUT2D eigenvalue weighted by molar-refractivity contribution is -0.130. The van der Waals surface area contributed by atoms with Crippen molar-refractivity contribution in [1.29, 1.82) is 0 Å². The van der Waals surface area contributed by atoms with Gasteiger partial charge in [0.05, 0.1) is 12.1 Å². The van der Waals surface area contributed by atoms with E-state index in [1.807, 2.05) is 11.0 Å². The van der Waals surface area contributed by atoms with Gasteiger partial charge in [-0.1, -0.05) is 30.3 Å². The molecule has 0 aromatic heterocycles. The quantitative estimate of drug-likeness (QED) is 0.822. The summed E-state index contributed by atoms with van der Waals surface area (Å²) in [6, 6.07) is 14.5. The molecular formula is C21H24FN3O2. The molecule has 0 aliphatic carbocycles. The number of hydrogen-bond donors (Lipinski definition) is 2. The molecule has 5 nitrogen and oxygen atoms in total. The van der Waals surface area contributed by atoms with Crippen molar-refractivity contribution in [2.75, 3.05) is 25.0 Å². The van der Waals surface area contributed by atoms with E-state index in [0.717, 1.165) is 32.4 Å². The number of nitrogens with zero attached hydrogens (tertiary/aromatic N) is 1. The number of primary amides is 1. The number of piperidine rings is 1. The molecule has 2 aromatic rings. The third kappa shape index (κ3) is 5.06. The molecule has 1 fully saturated rings. The molecule has 0 spiro atoms. The predicted molar refractivity (Wildman–Crippen MR) is 103 cm³/mol. The molecule has 2 aromatic carbocycles. The summed E-state index contributed by atoms with van der Waals surface area (Å²) < 4.78 is 13.8. The van der Waals surface area contributed by atoms with Crippen molar-refractivity contribution in [1.82, 2.24) is 4.90 Å². The van der Waals surface area contributed by atoms with Gasteiger partial charge < -0.3 is 16.0 Å². The zero-order chi connectivity index (χ0) is 19.2. The number of amides is 2. The number of likely N-dealkylation sites (tertiary alicyclic amines) is 1. The largest absolute Gasteiger partial charge is 0.376 e. The van der Waals surface area contributed by atoms with Gasteiger partial charge in [0.25, 0.3) is 5.91 Å². The number of anilines is 1. The van der Waals surface area contributed by atoms with Crippen LogP contribution in [0.5, 0.6) is 0 Å². The zero-order valence-electron chi connectivity index (χ0n) is 15.2. The van der Waals surface area contributed by atoms with Crippen molar-refractivity contribution >= 4 is 17.5 Å². The molecule has 0 atom stereocenters. The monoisotopic (exact) mass is 369 g/mol. The van der Waals surface area contributed by atoms with Crippen LogP contribution in [0, 0.1) is 11.7 Å². The van der Waals surface area contributed by atoms with E-state index in [2.05, 4.69) is 29.6 Å². The fourth-order valence-corrected chi connectivity index (χ4v) is 3.45. The van der Waals surface area contributed by atoms with Crippen LogP contribution < -0.4 is 11.1 Å². The Labute approximate surface area is 158 Å². The molecular weight excluding hydrogens is 345 g/mol. The molecule has 0 saturated carbocycles. The molecule has 1 aliphatic heterocycles. The SMILES string of the molecule is NC(=O)c1ccc(NCC(=O)N2CCC(Cc3ccccc3)CC2)cc1F. The lowest BCUT2D eigenvalue weighted by Gasteiger charge is -2.32. The Morgan fingerprint density at radius 1 is 1.11 bits per heavy atom. The first-order valence-corrected chi connectivity index (χ1v) is 9.18. The maximum absolute atomic E-state index is 13.8. The van der Waals surface area contributed by atoms with Crippen LogP contribution in [0.4, 0.5) is 10.1 Å². The maximum Gasteiger partial charge on any atom is 0.251 e. The van der Waals surface area contributed by atoms with Gasteiger partial charge in [0.2, 0.25) is 5.91 Å². The number of rotatable bonds is 6. The molecule has 3 rings (SSSR count). The van der Waals surface area contributed by atoms with Gasteiger partial charge in [-0.2, -0.15) is 0 Å². The summed E-state index contributed by atoms with van der Waals surface area (Å²) in [6.45, 7) is 1.58. The van der Waals surface area contributed by atoms with Crippen LogP contribution in [0.25, 0.3) is 0 Å². The standard InChI is InChI=1S/C21H24FN3O2/c22-19-13-17(6-7-18(19)21(23)27)24-14-20(26)25-10-8-16(9-11-25)12-15-4-2-1-3-5-15/h1-7,13,16,24H,8-12,14H2,(H2,23,27). The van der Waals surface area contributed by atoms with Gasteiger partial charge in [0.1, 0.15) is 5.82 Å². The highest BCUT2D eigenvalue weighted by atomic mass is 19.1. The number of nitrogens with one attached hydrogen (secondary N) is 1. The van der Waals surface area contributed by atoms with Gasteiger partial charge in [-0.25, -0.2) is 4.39 Å². The average Bonchev–Trinajstić information content (AvgIpc) is 2.67. The molecule has 0 radical (unpaired) electrons. The van der Waals surface area contributed by atoms with Crippen molar-refractivity contribution in [3.05, 3.63) is 65.5 Å². The summed E-state index contributed by atoms with van der Waals surface area (Å²) in [5.74, 6) is -0.914. The Kier molecular flexibility index (Phi) is 6.06. The van der Waals surface area contributed by atoms with Crippen LogP contribution >= 0.6 is 0 Å². The van der Waals surface area contributed by atoms with Crippen LogP contribution in [-0.2, 0) is 11.2 Å². The molecule has 0 bridgehead atoms. The Morgan fingerprint density at radius 2 is 1.81 bits per heavy atom. The molecule has 1 saturated heterocycles. The average molecular weight is 369 g/mol. The molecule has 142 valence electrons. The first kappa shape index (κ1) is 18.9. The Hall–Kier alpha value is -2.89. The number of carbonyl (C=O) groups is 2. The summed E-state index contributed by atoms with van der Waals surface area (Å²) in [7, 11) is 0. The van der Waals surface area contributed by atoms with E-state index in [1.54, 1.807) is 6.07 Å². The van der Waals surface area contributed by atoms with E-state index < -0.39 is 11.7 Å². The van der Waals surface area contributed by atoms with Crippen molar-refractivity contribution < 1.29 is 14.0 Å². The van der Waals surface area contributed by atoms with Crippen molar-refractivity contribution in [2.45, 2.75) is 19.3 Å². The van der Waals surface area contributed by atoms with Crippen molar-refractivity contribution in [3.8, 4) is 0 Å². The normalized spacial score (nSPS) is 14.8. The zero-order valence-corrected chi connectivity index (χ0v) is 15.2. The van der Waals surface area contributed by atoms with E-state index in [4.69, 9.17) is 5.73 Å². The molecule has 6 heteroatoms. The van der Waals surface area contributed by atoms with Gasteiger partial charge in [-0.3, -0.25) is 9.59 Å². The minimum atomic E-state index is -0.812. The van der Waals surface area contributed by atoms with E-state index in [9.17, 15) is 14.0 Å². The lowest BCUT2D eigenvalue weighted by Crippen LogP contribution is -2.41. The fourth-order valence-electron chi connectivity index (χ4n) is 3.45. The van der Waals surface area contributed by atoms with Crippen LogP contribution in [0.15, 0.2) is 48.5 Å². The van der Waals surface area contributed by atoms with Gasteiger partial charge in [-0.15, -0.1) is 0 Å². The van der Waals surface area contributed by atoms with Gasteiger partial charge in [0.15, 0.2) is 0 Å². The van der Waals surface area contributed by atoms with Crippen molar-refractivity contribution in [2.24, 2.45) is 11.7 Å². The minimum absolute atomic E-state index is 0.00690. The summed E-state index contributed by atoms with van der Waals surface area (Å²) in [5.41, 5.74) is 6.71. The Morgan fingerprint density at radius 3 is 2.44 bits per heavy atom. The second kappa shape index (κ2) is 8.66. The minimum Gasteiger partial charge on any atom is -0.376 e. The number of halogens is 1. The van der Waals surface area contributed by atoms with E-state index in [0.29, 0.717) is 11.6 Å². The summed E-state index contributed by atoms with van der Waals surface area (Å²) in [6.07, 6.45) is 3.03. The number of benzene rings is 2. The van der Waals surface area contributed by atoms with Crippen LogP contribution in [0.3, 0.4) is 0 Å². The third-order valence-electron chi connectivity index (χ3n) is 5.01. The molecule has 1 aliphatic rings. The summed E-state index contributed by atoms with van der Waals surface area (Å²) in [5, 5.41) is 2.92. The first-order chi connectivity index (χ1) is 13.0. The Bertz CT molecular complexity index is 802. The highest BCUT2D eigenvalue weighted by Crippen LogP contribution is 2.22. The van der Waals surface area contributed by atoms with E-state index in [-0.39, 0.29) is 18.0 Å². The summed E-state index contributed by atoms with van der Waals surface area (Å²) >= 11 is 0. The number of carbonyl (C=O) groups excluding carboxylic acids is 2. The number of hydrogen-bond acceptors (Lipinski definition) is 3. The Balaban J connectivity index is 1.46. The molecule has 27 heavy (non-hydrogen) atoms. The van der Waals surface area contributed by atoms with E-state index in [1.165, 1.54) is 17.7 Å². The van der Waals surface area contributed by atoms with Gasteiger partial charge in [0, 0.05) is 18.8 Å². The maximum atomic E-state index is 13.8. The van der Waals surface area contributed by atoms with Crippen LogP contribution in [0.2, 0.25) is 0 Å².